The van der Waals surface area contributed by atoms with Crippen LogP contribution in [0.2, 0.25) is 5.02 Å². The van der Waals surface area contributed by atoms with E-state index >= 15 is 0 Å². The molecule has 0 fully saturated rings. The van der Waals surface area contributed by atoms with Gasteiger partial charge >= 0.3 is 0 Å². The third-order valence-electron chi connectivity index (χ3n) is 3.62. The number of carbonyl (C=O) groups excluding carboxylic acids is 1. The van der Waals surface area contributed by atoms with Gasteiger partial charge in [-0.25, -0.2) is 14.4 Å². The summed E-state index contributed by atoms with van der Waals surface area (Å²) in [4.78, 5) is 20.5. The van der Waals surface area contributed by atoms with Crippen LogP contribution in [0.25, 0.3) is 0 Å². The zero-order chi connectivity index (χ0) is 18.5. The minimum atomic E-state index is -0.548. The van der Waals surface area contributed by atoms with Crippen molar-refractivity contribution in [2.45, 2.75) is 13.5 Å². The topological polar surface area (TPSA) is 66.9 Å². The lowest BCUT2D eigenvalue weighted by Gasteiger charge is -2.08. The van der Waals surface area contributed by atoms with E-state index in [9.17, 15) is 9.18 Å². The Morgan fingerprint density at radius 3 is 2.69 bits per heavy atom. The second-order valence-corrected chi connectivity index (χ2v) is 6.12. The van der Waals surface area contributed by atoms with Gasteiger partial charge in [0, 0.05) is 12.2 Å². The third kappa shape index (κ3) is 4.55. The van der Waals surface area contributed by atoms with Gasteiger partial charge in [-0.05, 0) is 30.7 Å². The third-order valence-corrected chi connectivity index (χ3v) is 3.91. The second-order valence-electron chi connectivity index (χ2n) is 5.71. The summed E-state index contributed by atoms with van der Waals surface area (Å²) in [6, 6.07) is 12.1. The summed E-state index contributed by atoms with van der Waals surface area (Å²) in [7, 11) is 0. The molecule has 1 aromatic heterocycles. The van der Waals surface area contributed by atoms with Crippen LogP contribution in [0.5, 0.6) is 0 Å². The molecule has 2 N–H and O–H groups in total. The molecular formula is C19H16ClFN4O. The van der Waals surface area contributed by atoms with Gasteiger partial charge in [-0.3, -0.25) is 4.79 Å². The van der Waals surface area contributed by atoms with Crippen LogP contribution in [0, 0.1) is 12.7 Å². The first-order valence-electron chi connectivity index (χ1n) is 7.89. The number of hydrogen-bond donors (Lipinski definition) is 2. The molecule has 0 radical (unpaired) electrons. The molecule has 1 heterocycles. The van der Waals surface area contributed by atoms with Crippen LogP contribution >= 0.6 is 11.6 Å². The van der Waals surface area contributed by atoms with Crippen molar-refractivity contribution in [2.75, 3.05) is 10.6 Å². The Balaban J connectivity index is 1.61. The van der Waals surface area contributed by atoms with Gasteiger partial charge in [0.25, 0.3) is 5.91 Å². The van der Waals surface area contributed by atoms with Crippen molar-refractivity contribution in [3.63, 3.8) is 0 Å². The van der Waals surface area contributed by atoms with Crippen molar-refractivity contribution in [3.8, 4) is 0 Å². The molecule has 0 atom stereocenters. The number of hydrogen-bond acceptors (Lipinski definition) is 4. The number of halogens is 2. The highest BCUT2D eigenvalue weighted by molar-refractivity contribution is 6.31. The van der Waals surface area contributed by atoms with Crippen molar-refractivity contribution in [2.24, 2.45) is 0 Å². The molecule has 0 bridgehead atoms. The Hall–Kier alpha value is -2.99. The number of rotatable bonds is 5. The lowest BCUT2D eigenvalue weighted by Crippen LogP contribution is -2.14. The van der Waals surface area contributed by atoms with Crippen LogP contribution in [0.1, 0.15) is 21.6 Å². The van der Waals surface area contributed by atoms with Crippen molar-refractivity contribution >= 4 is 29.0 Å². The first-order chi connectivity index (χ1) is 12.5. The molecule has 0 aliphatic carbocycles. The van der Waals surface area contributed by atoms with Crippen molar-refractivity contribution in [3.05, 3.63) is 82.5 Å². The van der Waals surface area contributed by atoms with Gasteiger partial charge in [0.05, 0.1) is 17.4 Å². The highest BCUT2D eigenvalue weighted by atomic mass is 35.5. The summed E-state index contributed by atoms with van der Waals surface area (Å²) in [6.07, 6.45) is 2.86. The maximum atomic E-state index is 13.1. The minimum absolute atomic E-state index is 0.0652. The smallest absolute Gasteiger partial charge is 0.275 e. The molecule has 2 aromatic carbocycles. The molecule has 0 saturated heterocycles. The SMILES string of the molecule is Cc1cccc(CNc2cnc(C(=O)Nc3ccc(F)c(Cl)c3)cn2)c1. The van der Waals surface area contributed by atoms with E-state index < -0.39 is 11.7 Å². The van der Waals surface area contributed by atoms with E-state index in [1.807, 2.05) is 25.1 Å². The fourth-order valence-electron chi connectivity index (χ4n) is 2.32. The molecule has 0 spiro atoms. The molecule has 0 saturated carbocycles. The van der Waals surface area contributed by atoms with Crippen LogP contribution in [-0.4, -0.2) is 15.9 Å². The molecule has 1 amide bonds. The van der Waals surface area contributed by atoms with E-state index in [1.54, 1.807) is 0 Å². The fraction of sp³-hybridized carbons (Fsp3) is 0.105. The van der Waals surface area contributed by atoms with E-state index in [0.717, 1.165) is 5.56 Å². The van der Waals surface area contributed by atoms with Crippen molar-refractivity contribution in [1.29, 1.82) is 0 Å². The average Bonchev–Trinajstić information content (AvgIpc) is 2.63. The number of amides is 1. The Kier molecular flexibility index (Phi) is 5.43. The van der Waals surface area contributed by atoms with Gasteiger partial charge in [-0.15, -0.1) is 0 Å². The number of nitrogens with zero attached hydrogens (tertiary/aromatic N) is 2. The largest absolute Gasteiger partial charge is 0.365 e. The van der Waals surface area contributed by atoms with Crippen LogP contribution in [0.4, 0.5) is 15.9 Å². The molecule has 0 aliphatic rings. The number of benzene rings is 2. The van der Waals surface area contributed by atoms with Crippen molar-refractivity contribution < 1.29 is 9.18 Å². The zero-order valence-corrected chi connectivity index (χ0v) is 14.7. The maximum Gasteiger partial charge on any atom is 0.275 e. The Morgan fingerprint density at radius 2 is 2.00 bits per heavy atom. The number of nitrogens with one attached hydrogen (secondary N) is 2. The summed E-state index contributed by atoms with van der Waals surface area (Å²) in [6.45, 7) is 2.64. The van der Waals surface area contributed by atoms with E-state index in [-0.39, 0.29) is 10.7 Å². The van der Waals surface area contributed by atoms with E-state index in [1.165, 1.54) is 36.2 Å². The highest BCUT2D eigenvalue weighted by Crippen LogP contribution is 2.19. The first-order valence-corrected chi connectivity index (χ1v) is 8.27. The average molecular weight is 371 g/mol. The second kappa shape index (κ2) is 7.93. The quantitative estimate of drug-likeness (QED) is 0.696. The molecule has 0 aliphatic heterocycles. The van der Waals surface area contributed by atoms with Crippen LogP contribution in [-0.2, 0) is 6.54 Å². The van der Waals surface area contributed by atoms with E-state index in [0.29, 0.717) is 18.1 Å². The minimum Gasteiger partial charge on any atom is -0.365 e. The molecule has 3 aromatic rings. The molecular weight excluding hydrogens is 355 g/mol. The molecule has 5 nitrogen and oxygen atoms in total. The predicted molar refractivity (Wildman–Crippen MR) is 99.9 cm³/mol. The maximum absolute atomic E-state index is 13.1. The summed E-state index contributed by atoms with van der Waals surface area (Å²) < 4.78 is 13.1. The lowest BCUT2D eigenvalue weighted by molar-refractivity contribution is 0.102. The summed E-state index contributed by atoms with van der Waals surface area (Å²) >= 11 is 5.70. The van der Waals surface area contributed by atoms with Gasteiger partial charge in [0.1, 0.15) is 17.3 Å². The first kappa shape index (κ1) is 17.8. The van der Waals surface area contributed by atoms with Gasteiger partial charge in [-0.1, -0.05) is 41.4 Å². The number of carbonyl (C=O) groups is 1. The summed E-state index contributed by atoms with van der Waals surface area (Å²) in [5.74, 6) is -0.438. The van der Waals surface area contributed by atoms with E-state index in [4.69, 9.17) is 11.6 Å². The molecule has 7 heteroatoms. The van der Waals surface area contributed by atoms with Crippen LogP contribution in [0.3, 0.4) is 0 Å². The Bertz CT molecular complexity index is 931. The van der Waals surface area contributed by atoms with Gasteiger partial charge in [-0.2, -0.15) is 0 Å². The predicted octanol–water partition coefficient (Wildman–Crippen LogP) is 4.44. The fourth-order valence-corrected chi connectivity index (χ4v) is 2.50. The molecule has 3 rings (SSSR count). The standard InChI is InChI=1S/C19H16ClFN4O/c1-12-3-2-4-13(7-12)9-23-18-11-22-17(10-24-18)19(26)25-14-5-6-16(21)15(20)8-14/h2-8,10-11H,9H2,1H3,(H,23,24)(H,25,26). The molecule has 26 heavy (non-hydrogen) atoms. The normalized spacial score (nSPS) is 10.4. The van der Waals surface area contributed by atoms with E-state index in [2.05, 4.69) is 26.7 Å². The van der Waals surface area contributed by atoms with Crippen LogP contribution < -0.4 is 10.6 Å². The summed E-state index contributed by atoms with van der Waals surface area (Å²) in [5, 5.41) is 5.68. The number of aryl methyl sites for hydroxylation is 1. The monoisotopic (exact) mass is 370 g/mol. The highest BCUT2D eigenvalue weighted by Gasteiger charge is 2.10. The van der Waals surface area contributed by atoms with Crippen LogP contribution in [0.15, 0.2) is 54.9 Å². The summed E-state index contributed by atoms with van der Waals surface area (Å²) in [5.41, 5.74) is 2.83. The Morgan fingerprint density at radius 1 is 1.15 bits per heavy atom. The Labute approximate surface area is 155 Å². The molecule has 132 valence electrons. The molecule has 0 unspecified atom stereocenters. The van der Waals surface area contributed by atoms with Gasteiger partial charge in [0.2, 0.25) is 0 Å². The van der Waals surface area contributed by atoms with Crippen molar-refractivity contribution in [1.82, 2.24) is 9.97 Å². The van der Waals surface area contributed by atoms with Gasteiger partial charge < -0.3 is 10.6 Å². The lowest BCUT2D eigenvalue weighted by atomic mass is 10.1. The number of aromatic nitrogens is 2. The van der Waals surface area contributed by atoms with Gasteiger partial charge in [0.15, 0.2) is 0 Å². The number of anilines is 2. The zero-order valence-electron chi connectivity index (χ0n) is 14.0.